The van der Waals surface area contributed by atoms with E-state index in [0.717, 1.165) is 38.0 Å². The minimum atomic E-state index is 0.00933. The van der Waals surface area contributed by atoms with E-state index in [1.54, 1.807) is 7.11 Å². The summed E-state index contributed by atoms with van der Waals surface area (Å²) in [5.74, 6) is 1.24. The van der Waals surface area contributed by atoms with Crippen LogP contribution in [0.15, 0.2) is 24.3 Å². The molecule has 0 aliphatic carbocycles. The summed E-state index contributed by atoms with van der Waals surface area (Å²) in [5.41, 5.74) is 1.25. The van der Waals surface area contributed by atoms with E-state index < -0.39 is 0 Å². The summed E-state index contributed by atoms with van der Waals surface area (Å²) in [6.07, 6.45) is 4.77. The highest BCUT2D eigenvalue weighted by atomic mass is 16.5. The molecule has 0 aromatic heterocycles. The summed E-state index contributed by atoms with van der Waals surface area (Å²) in [6.45, 7) is 3.77. The number of nitrogens with one attached hydrogen (secondary N) is 1. The first-order chi connectivity index (χ1) is 11.7. The van der Waals surface area contributed by atoms with Gasteiger partial charge in [-0.3, -0.25) is 0 Å². The number of hydrogen-bond acceptors (Lipinski definition) is 3. The van der Waals surface area contributed by atoms with E-state index in [1.165, 1.54) is 5.56 Å². The molecule has 134 valence electrons. The Balaban J connectivity index is 1.78. The number of methoxy groups -OCH3 is 1. The molecule has 2 atom stereocenters. The first kappa shape index (κ1) is 18.6. The van der Waals surface area contributed by atoms with Gasteiger partial charge in [0.1, 0.15) is 5.75 Å². The third kappa shape index (κ3) is 5.13. The molecule has 1 fully saturated rings. The second-order valence-corrected chi connectivity index (χ2v) is 6.55. The topological polar surface area (TPSA) is 61.8 Å². The van der Waals surface area contributed by atoms with Gasteiger partial charge in [0.05, 0.1) is 7.11 Å². The number of ether oxygens (including phenoxy) is 1. The van der Waals surface area contributed by atoms with Crippen LogP contribution >= 0.6 is 0 Å². The number of carbonyl (C=O) groups excluding carboxylic acids is 1. The van der Waals surface area contributed by atoms with Gasteiger partial charge in [0.2, 0.25) is 0 Å². The van der Waals surface area contributed by atoms with Crippen molar-refractivity contribution in [3.05, 3.63) is 29.8 Å². The van der Waals surface area contributed by atoms with E-state index >= 15 is 0 Å². The van der Waals surface area contributed by atoms with Gasteiger partial charge in [0, 0.05) is 25.7 Å². The van der Waals surface area contributed by atoms with Gasteiger partial charge in [0.25, 0.3) is 0 Å². The van der Waals surface area contributed by atoms with Gasteiger partial charge in [-0.05, 0) is 55.7 Å². The Morgan fingerprint density at radius 1 is 1.38 bits per heavy atom. The van der Waals surface area contributed by atoms with Crippen molar-refractivity contribution in [2.45, 2.75) is 51.0 Å². The van der Waals surface area contributed by atoms with Gasteiger partial charge in [-0.1, -0.05) is 19.1 Å². The number of piperidine rings is 1. The summed E-state index contributed by atoms with van der Waals surface area (Å²) >= 11 is 0. The van der Waals surface area contributed by atoms with Crippen LogP contribution in [0.25, 0.3) is 0 Å². The number of amides is 2. The van der Waals surface area contributed by atoms with Crippen LogP contribution in [-0.4, -0.2) is 48.9 Å². The zero-order chi connectivity index (χ0) is 17.4. The predicted molar refractivity (Wildman–Crippen MR) is 95.5 cm³/mol. The van der Waals surface area contributed by atoms with Crippen molar-refractivity contribution in [1.82, 2.24) is 10.2 Å². The van der Waals surface area contributed by atoms with Crippen molar-refractivity contribution >= 4 is 6.03 Å². The minimum Gasteiger partial charge on any atom is -0.497 e. The van der Waals surface area contributed by atoms with Crippen molar-refractivity contribution in [2.75, 3.05) is 26.8 Å². The molecule has 0 spiro atoms. The highest BCUT2D eigenvalue weighted by Gasteiger charge is 2.25. The van der Waals surface area contributed by atoms with Crippen molar-refractivity contribution in [1.29, 1.82) is 0 Å². The average Bonchev–Trinajstić information content (AvgIpc) is 2.62. The Hall–Kier alpha value is -1.75. The maximum absolute atomic E-state index is 12.4. The molecule has 1 aromatic carbocycles. The second kappa shape index (κ2) is 9.52. The summed E-state index contributed by atoms with van der Waals surface area (Å²) in [6, 6.07) is 8.29. The largest absolute Gasteiger partial charge is 0.497 e. The third-order valence-corrected chi connectivity index (χ3v) is 4.89. The van der Waals surface area contributed by atoms with Crippen molar-refractivity contribution in [3.8, 4) is 5.75 Å². The Labute approximate surface area is 145 Å². The van der Waals surface area contributed by atoms with Crippen LogP contribution in [0.2, 0.25) is 0 Å². The van der Waals surface area contributed by atoms with Gasteiger partial charge in [-0.15, -0.1) is 0 Å². The van der Waals surface area contributed by atoms with E-state index in [2.05, 4.69) is 24.4 Å². The molecule has 1 saturated heterocycles. The first-order valence-electron chi connectivity index (χ1n) is 8.95. The molecule has 2 amide bonds. The van der Waals surface area contributed by atoms with Gasteiger partial charge < -0.3 is 20.1 Å². The van der Waals surface area contributed by atoms with Crippen LogP contribution in [0.5, 0.6) is 5.75 Å². The molecule has 0 bridgehead atoms. The van der Waals surface area contributed by atoms with E-state index in [-0.39, 0.29) is 18.7 Å². The van der Waals surface area contributed by atoms with Gasteiger partial charge in [0.15, 0.2) is 0 Å². The molecular weight excluding hydrogens is 304 g/mol. The molecule has 1 aliphatic heterocycles. The van der Waals surface area contributed by atoms with Crippen molar-refractivity contribution in [2.24, 2.45) is 0 Å². The fourth-order valence-corrected chi connectivity index (χ4v) is 3.31. The van der Waals surface area contributed by atoms with Crippen molar-refractivity contribution in [3.63, 3.8) is 0 Å². The summed E-state index contributed by atoms with van der Waals surface area (Å²) in [7, 11) is 1.67. The monoisotopic (exact) mass is 334 g/mol. The van der Waals surface area contributed by atoms with Crippen LogP contribution < -0.4 is 10.1 Å². The number of benzene rings is 1. The molecule has 0 radical (unpaired) electrons. The molecule has 24 heavy (non-hydrogen) atoms. The number of aliphatic hydroxyl groups is 1. The summed E-state index contributed by atoms with van der Waals surface area (Å²) < 4.78 is 5.18. The standard InChI is InChI=1S/C19H30N2O3/c1-15(16-6-8-18(24-2)9-7-16)10-12-20-19(23)21-13-4-3-5-17(21)11-14-22/h6-9,15,17,22H,3-5,10-14H2,1-2H3,(H,20,23). The molecule has 1 aliphatic rings. The number of carbonyl (C=O) groups is 1. The SMILES string of the molecule is COc1ccc(C(C)CCNC(=O)N2CCCCC2CCO)cc1. The summed E-state index contributed by atoms with van der Waals surface area (Å²) in [4.78, 5) is 14.3. The van der Waals surface area contributed by atoms with Crippen molar-refractivity contribution < 1.29 is 14.6 Å². The van der Waals surface area contributed by atoms with E-state index in [9.17, 15) is 4.79 Å². The van der Waals surface area contributed by atoms with Gasteiger partial charge in [-0.25, -0.2) is 4.79 Å². The average molecular weight is 334 g/mol. The lowest BCUT2D eigenvalue weighted by Gasteiger charge is -2.35. The minimum absolute atomic E-state index is 0.00933. The van der Waals surface area contributed by atoms with Crippen LogP contribution in [-0.2, 0) is 0 Å². The quantitative estimate of drug-likeness (QED) is 0.805. The Bertz CT molecular complexity index is 502. The maximum Gasteiger partial charge on any atom is 0.317 e. The number of rotatable bonds is 7. The molecule has 2 N–H and O–H groups in total. The van der Waals surface area contributed by atoms with Crippen LogP contribution in [0.3, 0.4) is 0 Å². The highest BCUT2D eigenvalue weighted by molar-refractivity contribution is 5.74. The van der Waals surface area contributed by atoms with E-state index in [4.69, 9.17) is 9.84 Å². The van der Waals surface area contributed by atoms with E-state index in [0.29, 0.717) is 18.9 Å². The predicted octanol–water partition coefficient (Wildman–Crippen LogP) is 3.14. The molecule has 5 heteroatoms. The van der Waals surface area contributed by atoms with Crippen LogP contribution in [0.4, 0.5) is 4.79 Å². The van der Waals surface area contributed by atoms with Crippen LogP contribution in [0.1, 0.15) is 50.5 Å². The highest BCUT2D eigenvalue weighted by Crippen LogP contribution is 2.22. The molecule has 2 unspecified atom stereocenters. The number of aliphatic hydroxyl groups excluding tert-OH is 1. The fraction of sp³-hybridized carbons (Fsp3) is 0.632. The molecule has 1 aromatic rings. The molecule has 5 nitrogen and oxygen atoms in total. The lowest BCUT2D eigenvalue weighted by Crippen LogP contribution is -2.49. The maximum atomic E-state index is 12.4. The molecule has 2 rings (SSSR count). The molecule has 0 saturated carbocycles. The molecular formula is C19H30N2O3. The lowest BCUT2D eigenvalue weighted by molar-refractivity contribution is 0.132. The second-order valence-electron chi connectivity index (χ2n) is 6.55. The fourth-order valence-electron chi connectivity index (χ4n) is 3.31. The number of likely N-dealkylation sites (tertiary alicyclic amines) is 1. The number of urea groups is 1. The zero-order valence-electron chi connectivity index (χ0n) is 14.8. The number of nitrogens with zero attached hydrogens (tertiary/aromatic N) is 1. The smallest absolute Gasteiger partial charge is 0.317 e. The normalized spacial score (nSPS) is 19.0. The third-order valence-electron chi connectivity index (χ3n) is 4.89. The van der Waals surface area contributed by atoms with Crippen LogP contribution in [0, 0.1) is 0 Å². The van der Waals surface area contributed by atoms with Gasteiger partial charge in [-0.2, -0.15) is 0 Å². The Morgan fingerprint density at radius 3 is 2.79 bits per heavy atom. The Kier molecular flexibility index (Phi) is 7.37. The zero-order valence-corrected chi connectivity index (χ0v) is 14.8. The van der Waals surface area contributed by atoms with E-state index in [1.807, 2.05) is 17.0 Å². The Morgan fingerprint density at radius 2 is 2.12 bits per heavy atom. The van der Waals surface area contributed by atoms with Gasteiger partial charge >= 0.3 is 6.03 Å². The summed E-state index contributed by atoms with van der Waals surface area (Å²) in [5, 5.41) is 12.2. The first-order valence-corrected chi connectivity index (χ1v) is 8.95. The number of hydrogen-bond donors (Lipinski definition) is 2. The molecule has 1 heterocycles. The lowest BCUT2D eigenvalue weighted by atomic mass is 9.97.